The van der Waals surface area contributed by atoms with Gasteiger partial charge in [-0.2, -0.15) is 0 Å². The van der Waals surface area contributed by atoms with Crippen LogP contribution in [0.1, 0.15) is 6.42 Å². The maximum atomic E-state index is 11.7. The first kappa shape index (κ1) is 9.81. The number of hydrogen-bond acceptors (Lipinski definition) is 2. The largest absolute Gasteiger partial charge is 0.251 e. The molecule has 1 nitrogen and oxygen atoms in total. The van der Waals surface area contributed by atoms with Crippen LogP contribution >= 0.6 is 23.4 Å². The van der Waals surface area contributed by atoms with Crippen LogP contribution in [0.2, 0.25) is 5.02 Å². The molecule has 0 bridgehead atoms. The lowest BCUT2D eigenvalue weighted by Gasteiger charge is -1.97. The summed E-state index contributed by atoms with van der Waals surface area (Å²) in [7, 11) is 0. The molecular weight excluding hydrogens is 197 g/mol. The predicted octanol–water partition coefficient (Wildman–Crippen LogP) is 3.19. The summed E-state index contributed by atoms with van der Waals surface area (Å²) in [5.41, 5.74) is 0. The van der Waals surface area contributed by atoms with E-state index < -0.39 is 0 Å². The Hall–Kier alpha value is -0.280. The topological polar surface area (TPSA) is 12.9 Å². The second kappa shape index (κ2) is 5.38. The summed E-state index contributed by atoms with van der Waals surface area (Å²) in [4.78, 5) is 4.06. The van der Waals surface area contributed by atoms with Crippen LogP contribution in [0, 0.1) is 0 Å². The van der Waals surface area contributed by atoms with Gasteiger partial charge in [0.05, 0.1) is 16.7 Å². The third-order valence-electron chi connectivity index (χ3n) is 1.23. The first-order chi connectivity index (χ1) is 5.83. The Balaban J connectivity index is 2.37. The molecule has 0 aliphatic carbocycles. The Morgan fingerprint density at radius 1 is 1.50 bits per heavy atom. The van der Waals surface area contributed by atoms with Gasteiger partial charge >= 0.3 is 0 Å². The van der Waals surface area contributed by atoms with Crippen LogP contribution in [-0.2, 0) is 0 Å². The van der Waals surface area contributed by atoms with Gasteiger partial charge in [0.25, 0.3) is 0 Å². The lowest BCUT2D eigenvalue weighted by molar-refractivity contribution is 0.489. The minimum atomic E-state index is -0.263. The van der Waals surface area contributed by atoms with Gasteiger partial charge in [-0.3, -0.25) is 4.39 Å². The second-order valence-electron chi connectivity index (χ2n) is 2.21. The van der Waals surface area contributed by atoms with Crippen LogP contribution in [0.15, 0.2) is 23.4 Å². The van der Waals surface area contributed by atoms with Gasteiger partial charge in [0, 0.05) is 11.9 Å². The van der Waals surface area contributed by atoms with Gasteiger partial charge in [-0.15, -0.1) is 11.8 Å². The van der Waals surface area contributed by atoms with Crippen molar-refractivity contribution >= 4 is 23.4 Å². The molecule has 0 saturated heterocycles. The van der Waals surface area contributed by atoms with Gasteiger partial charge in [0.15, 0.2) is 0 Å². The molecular formula is C8H9ClFNS. The van der Waals surface area contributed by atoms with E-state index in [9.17, 15) is 4.39 Å². The quantitative estimate of drug-likeness (QED) is 0.553. The highest BCUT2D eigenvalue weighted by molar-refractivity contribution is 7.99. The van der Waals surface area contributed by atoms with Crippen molar-refractivity contribution in [1.29, 1.82) is 0 Å². The van der Waals surface area contributed by atoms with Crippen molar-refractivity contribution in [3.8, 4) is 0 Å². The lowest BCUT2D eigenvalue weighted by atomic mass is 10.5. The fraction of sp³-hybridized carbons (Fsp3) is 0.375. The summed E-state index contributed by atoms with van der Waals surface area (Å²) in [6, 6.07) is 3.62. The van der Waals surface area contributed by atoms with Crippen LogP contribution in [0.25, 0.3) is 0 Å². The summed E-state index contributed by atoms with van der Waals surface area (Å²) >= 11 is 7.19. The van der Waals surface area contributed by atoms with E-state index in [0.29, 0.717) is 11.4 Å². The van der Waals surface area contributed by atoms with Crippen LogP contribution in [0.4, 0.5) is 4.39 Å². The maximum absolute atomic E-state index is 11.7. The second-order valence-corrected chi connectivity index (χ2v) is 3.76. The minimum Gasteiger partial charge on any atom is -0.251 e. The smallest absolute Gasteiger partial charge is 0.0960 e. The Kier molecular flexibility index (Phi) is 4.40. The van der Waals surface area contributed by atoms with E-state index in [4.69, 9.17) is 11.6 Å². The third-order valence-corrected chi connectivity index (χ3v) is 2.48. The van der Waals surface area contributed by atoms with Gasteiger partial charge in [0.1, 0.15) is 0 Å². The summed E-state index contributed by atoms with van der Waals surface area (Å²) in [6.45, 7) is -0.263. The van der Waals surface area contributed by atoms with Crippen LogP contribution < -0.4 is 0 Å². The van der Waals surface area contributed by atoms with Crippen molar-refractivity contribution in [3.63, 3.8) is 0 Å². The molecule has 66 valence electrons. The summed E-state index contributed by atoms with van der Waals surface area (Å²) < 4.78 is 11.7. The van der Waals surface area contributed by atoms with E-state index in [1.807, 2.05) is 6.07 Å². The van der Waals surface area contributed by atoms with E-state index in [2.05, 4.69) is 4.98 Å². The van der Waals surface area contributed by atoms with Gasteiger partial charge in [-0.1, -0.05) is 11.6 Å². The average molecular weight is 206 g/mol. The molecule has 0 saturated carbocycles. The van der Waals surface area contributed by atoms with Crippen LogP contribution in [-0.4, -0.2) is 17.4 Å². The van der Waals surface area contributed by atoms with Crippen molar-refractivity contribution in [3.05, 3.63) is 23.4 Å². The molecule has 0 radical (unpaired) electrons. The predicted molar refractivity (Wildman–Crippen MR) is 50.6 cm³/mol. The van der Waals surface area contributed by atoms with Gasteiger partial charge in [-0.25, -0.2) is 4.98 Å². The molecule has 0 amide bonds. The zero-order chi connectivity index (χ0) is 8.81. The molecule has 1 heterocycles. The van der Waals surface area contributed by atoms with Crippen molar-refractivity contribution in [2.75, 3.05) is 12.4 Å². The van der Waals surface area contributed by atoms with E-state index in [0.717, 1.165) is 10.8 Å². The van der Waals surface area contributed by atoms with Crippen LogP contribution in [0.5, 0.6) is 0 Å². The summed E-state index contributed by atoms with van der Waals surface area (Å²) in [5, 5.41) is 1.53. The molecule has 1 aromatic heterocycles. The molecule has 4 heteroatoms. The Morgan fingerprint density at radius 3 is 2.92 bits per heavy atom. The number of nitrogens with zero attached hydrogens (tertiary/aromatic N) is 1. The number of halogens is 2. The van der Waals surface area contributed by atoms with Gasteiger partial charge in [-0.05, 0) is 18.6 Å². The molecule has 0 unspecified atom stereocenters. The Labute approximate surface area is 80.3 Å². The first-order valence-electron chi connectivity index (χ1n) is 3.63. The molecule has 0 aromatic carbocycles. The zero-order valence-electron chi connectivity index (χ0n) is 6.46. The molecule has 1 rings (SSSR count). The van der Waals surface area contributed by atoms with Crippen molar-refractivity contribution in [2.45, 2.75) is 11.4 Å². The molecule has 12 heavy (non-hydrogen) atoms. The number of alkyl halides is 1. The highest BCUT2D eigenvalue weighted by atomic mass is 35.5. The normalized spacial score (nSPS) is 10.2. The standard InChI is InChI=1S/C8H9ClFNS/c9-7-2-3-8(11-6-7)12-5-1-4-10/h2-3,6H,1,4-5H2. The van der Waals surface area contributed by atoms with Crippen molar-refractivity contribution < 1.29 is 4.39 Å². The summed E-state index contributed by atoms with van der Waals surface area (Å²) in [5.74, 6) is 0.769. The van der Waals surface area contributed by atoms with Crippen LogP contribution in [0.3, 0.4) is 0 Å². The first-order valence-corrected chi connectivity index (χ1v) is 4.99. The summed E-state index contributed by atoms with van der Waals surface area (Å²) in [6.07, 6.45) is 2.17. The SMILES string of the molecule is FCCCSc1ccc(Cl)cn1. The third kappa shape index (κ3) is 3.41. The maximum Gasteiger partial charge on any atom is 0.0960 e. The number of aromatic nitrogens is 1. The molecule has 0 aliphatic heterocycles. The number of thioether (sulfide) groups is 1. The van der Waals surface area contributed by atoms with E-state index in [-0.39, 0.29) is 6.67 Å². The lowest BCUT2D eigenvalue weighted by Crippen LogP contribution is -1.83. The highest BCUT2D eigenvalue weighted by Gasteiger charge is 1.94. The molecule has 0 N–H and O–H groups in total. The fourth-order valence-electron chi connectivity index (χ4n) is 0.679. The highest BCUT2D eigenvalue weighted by Crippen LogP contribution is 2.17. The Bertz CT molecular complexity index is 227. The molecule has 0 spiro atoms. The number of hydrogen-bond donors (Lipinski definition) is 0. The Morgan fingerprint density at radius 2 is 2.33 bits per heavy atom. The number of pyridine rings is 1. The molecule has 0 atom stereocenters. The van der Waals surface area contributed by atoms with Crippen molar-refractivity contribution in [2.24, 2.45) is 0 Å². The zero-order valence-corrected chi connectivity index (χ0v) is 8.04. The van der Waals surface area contributed by atoms with E-state index in [1.54, 1.807) is 24.0 Å². The molecule has 0 fully saturated rings. The monoisotopic (exact) mass is 205 g/mol. The minimum absolute atomic E-state index is 0.263. The average Bonchev–Trinajstić information content (AvgIpc) is 2.09. The molecule has 0 aliphatic rings. The van der Waals surface area contributed by atoms with E-state index in [1.165, 1.54) is 0 Å². The van der Waals surface area contributed by atoms with Crippen molar-refractivity contribution in [1.82, 2.24) is 4.98 Å². The van der Waals surface area contributed by atoms with Gasteiger partial charge in [0.2, 0.25) is 0 Å². The van der Waals surface area contributed by atoms with Gasteiger partial charge < -0.3 is 0 Å². The van der Waals surface area contributed by atoms with E-state index >= 15 is 0 Å². The number of rotatable bonds is 4. The molecule has 1 aromatic rings. The fourth-order valence-corrected chi connectivity index (χ4v) is 1.54.